The van der Waals surface area contributed by atoms with Gasteiger partial charge in [-0.2, -0.15) is 11.8 Å². The summed E-state index contributed by atoms with van der Waals surface area (Å²) in [6.07, 6.45) is 1.97. The number of thioether (sulfide) groups is 1. The van der Waals surface area contributed by atoms with Crippen LogP contribution in [0, 0.1) is 0 Å². The monoisotopic (exact) mass is 119 g/mol. The minimum Gasteiger partial charge on any atom is -0.411 e. The largest absolute Gasteiger partial charge is 0.411 e. The van der Waals surface area contributed by atoms with Crippen LogP contribution in [0.2, 0.25) is 0 Å². The zero-order valence-corrected chi connectivity index (χ0v) is 5.33. The molecule has 0 atom stereocenters. The van der Waals surface area contributed by atoms with E-state index >= 15 is 0 Å². The molecule has 0 spiro atoms. The summed E-state index contributed by atoms with van der Waals surface area (Å²) in [7, 11) is 0. The maximum atomic E-state index is 8.04. The van der Waals surface area contributed by atoms with Gasteiger partial charge in [0.25, 0.3) is 0 Å². The fraction of sp³-hybridized carbons (Fsp3) is 0.750. The lowest BCUT2D eigenvalue weighted by molar-refractivity contribution is 0.318. The van der Waals surface area contributed by atoms with Gasteiger partial charge in [0.1, 0.15) is 0 Å². The van der Waals surface area contributed by atoms with Crippen molar-refractivity contribution >= 4 is 17.5 Å². The summed E-state index contributed by atoms with van der Waals surface area (Å²) in [6.45, 7) is 1.79. The quantitative estimate of drug-likeness (QED) is 0.336. The molecule has 0 aromatic carbocycles. The van der Waals surface area contributed by atoms with Crippen molar-refractivity contribution in [2.45, 2.75) is 6.92 Å². The molecule has 3 heteroatoms. The van der Waals surface area contributed by atoms with Gasteiger partial charge in [-0.05, 0) is 13.2 Å². The third-order valence-corrected chi connectivity index (χ3v) is 1.23. The van der Waals surface area contributed by atoms with Crippen molar-refractivity contribution in [3.8, 4) is 0 Å². The van der Waals surface area contributed by atoms with Crippen LogP contribution >= 0.6 is 11.8 Å². The van der Waals surface area contributed by atoms with Gasteiger partial charge in [0.15, 0.2) is 0 Å². The molecule has 0 fully saturated rings. The number of hydrogen-bond donors (Lipinski definition) is 1. The predicted molar refractivity (Wildman–Crippen MR) is 33.3 cm³/mol. The first-order valence-corrected chi connectivity index (χ1v) is 3.37. The Morgan fingerprint density at radius 3 is 2.57 bits per heavy atom. The molecule has 2 nitrogen and oxygen atoms in total. The molecule has 0 bridgehead atoms. The van der Waals surface area contributed by atoms with Crippen molar-refractivity contribution in [2.24, 2.45) is 5.16 Å². The molecule has 0 aliphatic rings. The minimum atomic E-state index is 0.771. The van der Waals surface area contributed by atoms with Crippen molar-refractivity contribution in [2.75, 3.05) is 12.0 Å². The van der Waals surface area contributed by atoms with Crippen LogP contribution in [0.3, 0.4) is 0 Å². The fourth-order valence-corrected chi connectivity index (χ4v) is 0.713. The summed E-state index contributed by atoms with van der Waals surface area (Å²) >= 11 is 1.64. The maximum Gasteiger partial charge on any atom is 0.0638 e. The molecule has 0 unspecified atom stereocenters. The summed E-state index contributed by atoms with van der Waals surface area (Å²) < 4.78 is 0. The summed E-state index contributed by atoms with van der Waals surface area (Å²) in [5.74, 6) is 0.816. The summed E-state index contributed by atoms with van der Waals surface area (Å²) in [6, 6.07) is 0. The van der Waals surface area contributed by atoms with Gasteiger partial charge in [-0.15, -0.1) is 0 Å². The van der Waals surface area contributed by atoms with Crippen molar-refractivity contribution in [1.82, 2.24) is 0 Å². The highest BCUT2D eigenvalue weighted by Crippen LogP contribution is 1.91. The predicted octanol–water partition coefficient (Wildman–Crippen LogP) is 1.20. The van der Waals surface area contributed by atoms with E-state index in [-0.39, 0.29) is 0 Å². The molecular weight excluding hydrogens is 110 g/mol. The van der Waals surface area contributed by atoms with Crippen LogP contribution in [0.25, 0.3) is 0 Å². The van der Waals surface area contributed by atoms with Gasteiger partial charge in [-0.3, -0.25) is 0 Å². The Balaban J connectivity index is 3.17. The zero-order chi connectivity index (χ0) is 5.70. The molecular formula is C4H9NOS. The Labute approximate surface area is 47.6 Å². The van der Waals surface area contributed by atoms with E-state index in [1.54, 1.807) is 18.7 Å². The lowest BCUT2D eigenvalue weighted by Gasteiger charge is -1.87. The second-order valence-electron chi connectivity index (χ2n) is 1.27. The van der Waals surface area contributed by atoms with Crippen LogP contribution in [-0.2, 0) is 0 Å². The Hall–Kier alpha value is -0.180. The first-order valence-electron chi connectivity index (χ1n) is 1.97. The SMILES string of the molecule is CSC/C(C)=N/O. The van der Waals surface area contributed by atoms with E-state index in [9.17, 15) is 0 Å². The van der Waals surface area contributed by atoms with Crippen LogP contribution in [0.1, 0.15) is 6.92 Å². The highest BCUT2D eigenvalue weighted by atomic mass is 32.2. The van der Waals surface area contributed by atoms with Gasteiger partial charge >= 0.3 is 0 Å². The van der Waals surface area contributed by atoms with Crippen LogP contribution < -0.4 is 0 Å². The van der Waals surface area contributed by atoms with Crippen LogP contribution in [-0.4, -0.2) is 22.9 Å². The third kappa shape index (κ3) is 3.66. The second kappa shape index (κ2) is 3.99. The highest BCUT2D eigenvalue weighted by Gasteiger charge is 1.84. The van der Waals surface area contributed by atoms with Crippen molar-refractivity contribution in [3.05, 3.63) is 0 Å². The summed E-state index contributed by atoms with van der Waals surface area (Å²) in [4.78, 5) is 0. The first kappa shape index (κ1) is 6.82. The molecule has 0 saturated heterocycles. The Morgan fingerprint density at radius 2 is 2.43 bits per heavy atom. The Morgan fingerprint density at radius 1 is 1.86 bits per heavy atom. The standard InChI is InChI=1S/C4H9NOS/c1-4(5-6)3-7-2/h6H,3H2,1-2H3/b5-4+. The van der Waals surface area contributed by atoms with E-state index in [1.807, 2.05) is 6.26 Å². The lowest BCUT2D eigenvalue weighted by atomic mass is 10.5. The Kier molecular flexibility index (Phi) is 3.89. The van der Waals surface area contributed by atoms with Gasteiger partial charge in [0, 0.05) is 5.75 Å². The lowest BCUT2D eigenvalue weighted by Crippen LogP contribution is -1.92. The zero-order valence-electron chi connectivity index (χ0n) is 4.51. The molecule has 42 valence electrons. The fourth-order valence-electron chi connectivity index (χ4n) is 0.238. The van der Waals surface area contributed by atoms with E-state index < -0.39 is 0 Å². The summed E-state index contributed by atoms with van der Waals surface area (Å²) in [5, 5.41) is 11.0. The van der Waals surface area contributed by atoms with Gasteiger partial charge in [-0.1, -0.05) is 5.16 Å². The van der Waals surface area contributed by atoms with Crippen molar-refractivity contribution < 1.29 is 5.21 Å². The highest BCUT2D eigenvalue weighted by molar-refractivity contribution is 7.99. The van der Waals surface area contributed by atoms with Crippen molar-refractivity contribution in [3.63, 3.8) is 0 Å². The number of oxime groups is 1. The van der Waals surface area contributed by atoms with Gasteiger partial charge in [0.2, 0.25) is 0 Å². The molecule has 0 aliphatic carbocycles. The maximum absolute atomic E-state index is 8.04. The van der Waals surface area contributed by atoms with E-state index in [2.05, 4.69) is 5.16 Å². The van der Waals surface area contributed by atoms with Crippen molar-refractivity contribution in [1.29, 1.82) is 0 Å². The molecule has 7 heavy (non-hydrogen) atoms. The van der Waals surface area contributed by atoms with Crippen LogP contribution in [0.4, 0.5) is 0 Å². The molecule has 0 saturated carbocycles. The molecule has 0 radical (unpaired) electrons. The average Bonchev–Trinajstić information content (AvgIpc) is 1.68. The minimum absolute atomic E-state index is 0.771. The smallest absolute Gasteiger partial charge is 0.0638 e. The van der Waals surface area contributed by atoms with Crippen LogP contribution in [0.5, 0.6) is 0 Å². The number of nitrogens with zero attached hydrogens (tertiary/aromatic N) is 1. The van der Waals surface area contributed by atoms with E-state index in [0.717, 1.165) is 11.5 Å². The number of rotatable bonds is 2. The second-order valence-corrected chi connectivity index (χ2v) is 2.13. The topological polar surface area (TPSA) is 32.6 Å². The normalized spacial score (nSPS) is 12.0. The Bertz CT molecular complexity index is 72.1. The molecule has 0 amide bonds. The molecule has 0 aromatic rings. The molecule has 0 rings (SSSR count). The molecule has 0 aliphatic heterocycles. The molecule has 0 heterocycles. The van der Waals surface area contributed by atoms with Gasteiger partial charge in [0.05, 0.1) is 5.71 Å². The van der Waals surface area contributed by atoms with E-state index in [0.29, 0.717) is 0 Å². The third-order valence-electron chi connectivity index (χ3n) is 0.524. The molecule has 1 N–H and O–H groups in total. The summed E-state index contributed by atoms with van der Waals surface area (Å²) in [5.41, 5.74) is 0.771. The average molecular weight is 119 g/mol. The van der Waals surface area contributed by atoms with Gasteiger partial charge < -0.3 is 5.21 Å². The molecule has 0 aromatic heterocycles. The van der Waals surface area contributed by atoms with E-state index in [1.165, 1.54) is 0 Å². The first-order chi connectivity index (χ1) is 3.31. The van der Waals surface area contributed by atoms with E-state index in [4.69, 9.17) is 5.21 Å². The van der Waals surface area contributed by atoms with Gasteiger partial charge in [-0.25, -0.2) is 0 Å². The van der Waals surface area contributed by atoms with Crippen LogP contribution in [0.15, 0.2) is 5.16 Å². The number of hydrogen-bond acceptors (Lipinski definition) is 3.